The van der Waals surface area contributed by atoms with E-state index < -0.39 is 0 Å². The van der Waals surface area contributed by atoms with Crippen molar-refractivity contribution in [2.24, 2.45) is 5.73 Å². The lowest BCUT2D eigenvalue weighted by molar-refractivity contribution is -0.122. The fraction of sp³-hybridized carbons (Fsp3) is 0.500. The molecule has 1 aromatic rings. The first-order valence-electron chi connectivity index (χ1n) is 6.34. The van der Waals surface area contributed by atoms with Crippen molar-refractivity contribution in [2.75, 3.05) is 6.54 Å². The van der Waals surface area contributed by atoms with E-state index in [1.165, 1.54) is 5.56 Å². The van der Waals surface area contributed by atoms with Crippen LogP contribution in [-0.2, 0) is 4.79 Å². The molecular formula is C14H21ClN2O. The number of nitrogens with one attached hydrogen (secondary N) is 1. The maximum Gasteiger partial charge on any atom is 0.220 e. The van der Waals surface area contributed by atoms with E-state index in [1.807, 2.05) is 6.07 Å². The Labute approximate surface area is 115 Å². The largest absolute Gasteiger partial charge is 0.353 e. The van der Waals surface area contributed by atoms with E-state index in [0.717, 1.165) is 19.3 Å². The standard InChI is InChI=1S/C14H20N2O.ClH/c15-8-4-7-14(17)16-13-9-12(10-13)11-5-2-1-3-6-11;/h1-3,5-6,12-13H,4,7-10,15H2,(H,16,17);1H. The van der Waals surface area contributed by atoms with Gasteiger partial charge in [-0.25, -0.2) is 0 Å². The van der Waals surface area contributed by atoms with Crippen LogP contribution in [-0.4, -0.2) is 18.5 Å². The van der Waals surface area contributed by atoms with Gasteiger partial charge in [-0.3, -0.25) is 4.79 Å². The van der Waals surface area contributed by atoms with Crippen molar-refractivity contribution in [3.63, 3.8) is 0 Å². The molecule has 4 heteroatoms. The number of nitrogens with two attached hydrogens (primary N) is 1. The summed E-state index contributed by atoms with van der Waals surface area (Å²) in [7, 11) is 0. The quantitative estimate of drug-likeness (QED) is 0.860. The van der Waals surface area contributed by atoms with Gasteiger partial charge in [-0.2, -0.15) is 0 Å². The van der Waals surface area contributed by atoms with Crippen molar-refractivity contribution >= 4 is 18.3 Å². The maximum absolute atomic E-state index is 11.5. The lowest BCUT2D eigenvalue weighted by Crippen LogP contribution is -2.43. The van der Waals surface area contributed by atoms with Crippen LogP contribution in [0.5, 0.6) is 0 Å². The minimum absolute atomic E-state index is 0. The Morgan fingerprint density at radius 1 is 1.28 bits per heavy atom. The molecule has 0 aliphatic heterocycles. The molecule has 0 radical (unpaired) electrons. The van der Waals surface area contributed by atoms with E-state index in [-0.39, 0.29) is 18.3 Å². The smallest absolute Gasteiger partial charge is 0.220 e. The molecule has 0 atom stereocenters. The van der Waals surface area contributed by atoms with Crippen LogP contribution in [0.4, 0.5) is 0 Å². The predicted molar refractivity (Wildman–Crippen MR) is 75.9 cm³/mol. The van der Waals surface area contributed by atoms with Gasteiger partial charge in [0.2, 0.25) is 5.91 Å². The summed E-state index contributed by atoms with van der Waals surface area (Å²) in [6.07, 6.45) is 3.47. The fourth-order valence-corrected chi connectivity index (χ4v) is 2.30. The van der Waals surface area contributed by atoms with Crippen molar-refractivity contribution in [1.29, 1.82) is 0 Å². The molecule has 0 unspecified atom stereocenters. The monoisotopic (exact) mass is 268 g/mol. The molecule has 0 heterocycles. The molecule has 3 nitrogen and oxygen atoms in total. The van der Waals surface area contributed by atoms with E-state index in [1.54, 1.807) is 0 Å². The van der Waals surface area contributed by atoms with Gasteiger partial charge in [-0.1, -0.05) is 30.3 Å². The van der Waals surface area contributed by atoms with E-state index in [4.69, 9.17) is 5.73 Å². The summed E-state index contributed by atoms with van der Waals surface area (Å²) in [5, 5.41) is 3.06. The van der Waals surface area contributed by atoms with Crippen LogP contribution >= 0.6 is 12.4 Å². The summed E-state index contributed by atoms with van der Waals surface area (Å²) in [5.41, 5.74) is 6.76. The number of rotatable bonds is 5. The molecule has 0 aromatic heterocycles. The van der Waals surface area contributed by atoms with Crippen LogP contribution in [0.3, 0.4) is 0 Å². The van der Waals surface area contributed by atoms with Crippen LogP contribution in [0.2, 0.25) is 0 Å². The topological polar surface area (TPSA) is 55.1 Å². The van der Waals surface area contributed by atoms with Gasteiger partial charge in [0.1, 0.15) is 0 Å². The average Bonchev–Trinajstić information content (AvgIpc) is 2.31. The lowest BCUT2D eigenvalue weighted by Gasteiger charge is -2.36. The highest BCUT2D eigenvalue weighted by atomic mass is 35.5. The normalized spacial score (nSPS) is 21.6. The Morgan fingerprint density at radius 2 is 1.94 bits per heavy atom. The number of hydrogen-bond donors (Lipinski definition) is 2. The minimum atomic E-state index is 0. The van der Waals surface area contributed by atoms with Gasteiger partial charge in [0.05, 0.1) is 0 Å². The van der Waals surface area contributed by atoms with Gasteiger partial charge in [0, 0.05) is 12.5 Å². The maximum atomic E-state index is 11.5. The number of amides is 1. The minimum Gasteiger partial charge on any atom is -0.353 e. The van der Waals surface area contributed by atoms with Crippen molar-refractivity contribution in [2.45, 2.75) is 37.6 Å². The number of carbonyl (C=O) groups is 1. The number of carbonyl (C=O) groups excluding carboxylic acids is 1. The zero-order valence-electron chi connectivity index (χ0n) is 10.5. The number of benzene rings is 1. The molecule has 1 amide bonds. The second kappa shape index (κ2) is 7.39. The molecule has 3 N–H and O–H groups in total. The first kappa shape index (κ1) is 15.0. The summed E-state index contributed by atoms with van der Waals surface area (Å²) in [5.74, 6) is 0.767. The van der Waals surface area contributed by atoms with E-state index in [9.17, 15) is 4.79 Å². The van der Waals surface area contributed by atoms with Gasteiger partial charge < -0.3 is 11.1 Å². The molecular weight excluding hydrogens is 248 g/mol. The van der Waals surface area contributed by atoms with Crippen LogP contribution in [0.15, 0.2) is 30.3 Å². The highest BCUT2D eigenvalue weighted by Gasteiger charge is 2.30. The van der Waals surface area contributed by atoms with E-state index >= 15 is 0 Å². The molecule has 1 aliphatic carbocycles. The van der Waals surface area contributed by atoms with Crippen molar-refractivity contribution in [3.8, 4) is 0 Å². The first-order valence-corrected chi connectivity index (χ1v) is 6.34. The second-order valence-corrected chi connectivity index (χ2v) is 4.74. The summed E-state index contributed by atoms with van der Waals surface area (Å²) in [6, 6.07) is 10.9. The third-order valence-electron chi connectivity index (χ3n) is 3.38. The molecule has 0 bridgehead atoms. The summed E-state index contributed by atoms with van der Waals surface area (Å²) in [4.78, 5) is 11.5. The van der Waals surface area contributed by atoms with Crippen LogP contribution in [0.1, 0.15) is 37.2 Å². The Kier molecular flexibility index (Phi) is 6.16. The predicted octanol–water partition coefficient (Wildman–Crippen LogP) is 2.21. The van der Waals surface area contributed by atoms with Crippen molar-refractivity contribution in [1.82, 2.24) is 5.32 Å². The van der Waals surface area contributed by atoms with Crippen molar-refractivity contribution in [3.05, 3.63) is 35.9 Å². The van der Waals surface area contributed by atoms with E-state index in [2.05, 4.69) is 29.6 Å². The van der Waals surface area contributed by atoms with Crippen molar-refractivity contribution < 1.29 is 4.79 Å². The second-order valence-electron chi connectivity index (χ2n) is 4.74. The molecule has 0 spiro atoms. The Bertz CT molecular complexity index is 363. The number of hydrogen-bond acceptors (Lipinski definition) is 2. The summed E-state index contributed by atoms with van der Waals surface area (Å²) < 4.78 is 0. The summed E-state index contributed by atoms with van der Waals surface area (Å²) >= 11 is 0. The lowest BCUT2D eigenvalue weighted by atomic mass is 9.76. The third kappa shape index (κ3) is 4.00. The number of halogens is 1. The van der Waals surface area contributed by atoms with E-state index in [0.29, 0.717) is 24.9 Å². The molecule has 1 saturated carbocycles. The van der Waals surface area contributed by atoms with Gasteiger partial charge in [-0.15, -0.1) is 12.4 Å². The van der Waals surface area contributed by atoms with Crippen LogP contribution in [0.25, 0.3) is 0 Å². The zero-order valence-corrected chi connectivity index (χ0v) is 11.3. The highest BCUT2D eigenvalue weighted by molar-refractivity contribution is 5.85. The van der Waals surface area contributed by atoms with Gasteiger partial charge >= 0.3 is 0 Å². The SMILES string of the molecule is Cl.NCCCC(=O)NC1CC(c2ccccc2)C1. The first-order chi connectivity index (χ1) is 8.29. The Morgan fingerprint density at radius 3 is 2.56 bits per heavy atom. The van der Waals surface area contributed by atoms with Gasteiger partial charge in [0.25, 0.3) is 0 Å². The molecule has 1 aromatic carbocycles. The molecule has 1 fully saturated rings. The molecule has 1 aliphatic rings. The van der Waals surface area contributed by atoms with Gasteiger partial charge in [0.15, 0.2) is 0 Å². The van der Waals surface area contributed by atoms with Gasteiger partial charge in [-0.05, 0) is 37.3 Å². The highest BCUT2D eigenvalue weighted by Crippen LogP contribution is 2.36. The molecule has 0 saturated heterocycles. The summed E-state index contributed by atoms with van der Waals surface area (Å²) in [6.45, 7) is 0.588. The fourth-order valence-electron chi connectivity index (χ4n) is 2.30. The molecule has 2 rings (SSSR count). The zero-order chi connectivity index (χ0) is 12.1. The van der Waals surface area contributed by atoms with Crippen LogP contribution in [0, 0.1) is 0 Å². The molecule has 100 valence electrons. The molecule has 18 heavy (non-hydrogen) atoms. The van der Waals surface area contributed by atoms with Crippen LogP contribution < -0.4 is 11.1 Å². The Balaban J connectivity index is 0.00000162. The Hall–Kier alpha value is -1.06. The average molecular weight is 269 g/mol. The third-order valence-corrected chi connectivity index (χ3v) is 3.38.